The van der Waals surface area contributed by atoms with Crippen LogP contribution < -0.4 is 5.32 Å². The van der Waals surface area contributed by atoms with Gasteiger partial charge < -0.3 is 19.3 Å². The van der Waals surface area contributed by atoms with E-state index in [1.807, 2.05) is 13.8 Å². The number of ether oxygens (including phenoxy) is 2. The minimum atomic E-state index is -2.63. The van der Waals surface area contributed by atoms with Crippen LogP contribution in [0.15, 0.2) is 8.89 Å². The number of amides is 2. The lowest BCUT2D eigenvalue weighted by atomic mass is 9.85. The predicted octanol–water partition coefficient (Wildman–Crippen LogP) is 1.38. The molecule has 1 atom stereocenters. The molecule has 0 saturated carbocycles. The number of carbonyl (C=O) groups excluding carboxylic acids is 2. The molecule has 1 spiro atoms. The fourth-order valence-corrected chi connectivity index (χ4v) is 5.96. The molecule has 2 amide bonds. The first-order valence-corrected chi connectivity index (χ1v) is 12.3. The van der Waals surface area contributed by atoms with Gasteiger partial charge in [0.1, 0.15) is 13.2 Å². The summed E-state index contributed by atoms with van der Waals surface area (Å²) in [5.74, 6) is 0.952. The van der Waals surface area contributed by atoms with Crippen molar-refractivity contribution in [3.8, 4) is 0 Å². The highest BCUT2D eigenvalue weighted by Gasteiger charge is 2.42. The monoisotopic (exact) mass is 442 g/mol. The zero-order valence-corrected chi connectivity index (χ0v) is 18.4. The van der Waals surface area contributed by atoms with Gasteiger partial charge >= 0.3 is 0 Å². The predicted molar refractivity (Wildman–Crippen MR) is 108 cm³/mol. The summed E-state index contributed by atoms with van der Waals surface area (Å²) in [5, 5.41) is 6.78. The van der Waals surface area contributed by atoms with Crippen molar-refractivity contribution >= 4 is 21.5 Å². The Hall–Kier alpha value is -1.85. The third kappa shape index (κ3) is 6.08. The molecule has 1 aromatic rings. The SMILES string of the molecule is CCC(=O)NC1CCOC2(CCS(=O)(=NC(=O)COCc3nc(CC)no3)CC2)C1. The average Bonchev–Trinajstić information content (AvgIpc) is 3.19. The molecule has 2 aliphatic heterocycles. The average molecular weight is 443 g/mol. The normalized spacial score (nSPS) is 28.9. The number of aromatic nitrogens is 2. The molecular weight excluding hydrogens is 412 g/mol. The minimum absolute atomic E-state index is 0.0112. The van der Waals surface area contributed by atoms with Crippen molar-refractivity contribution in [2.24, 2.45) is 4.36 Å². The summed E-state index contributed by atoms with van der Waals surface area (Å²) in [6.45, 7) is 4.02. The molecule has 168 valence electrons. The Kier molecular flexibility index (Phi) is 7.59. The molecule has 3 heterocycles. The Morgan fingerprint density at radius 2 is 2.10 bits per heavy atom. The zero-order chi connectivity index (χ0) is 21.6. The van der Waals surface area contributed by atoms with Crippen LogP contribution in [0.1, 0.15) is 57.7 Å². The van der Waals surface area contributed by atoms with E-state index in [4.69, 9.17) is 14.0 Å². The summed E-state index contributed by atoms with van der Waals surface area (Å²) in [7, 11) is -2.63. The van der Waals surface area contributed by atoms with Gasteiger partial charge in [0.15, 0.2) is 5.82 Å². The Labute approximate surface area is 176 Å². The maximum atomic E-state index is 13.0. The van der Waals surface area contributed by atoms with Crippen LogP contribution >= 0.6 is 0 Å². The van der Waals surface area contributed by atoms with E-state index in [9.17, 15) is 13.8 Å². The van der Waals surface area contributed by atoms with E-state index in [2.05, 4.69) is 19.8 Å². The first kappa shape index (κ1) is 22.8. The quantitative estimate of drug-likeness (QED) is 0.669. The third-order valence-corrected chi connectivity index (χ3v) is 7.70. The van der Waals surface area contributed by atoms with E-state index < -0.39 is 21.2 Å². The highest BCUT2D eigenvalue weighted by Crippen LogP contribution is 2.36. The van der Waals surface area contributed by atoms with E-state index >= 15 is 0 Å². The van der Waals surface area contributed by atoms with E-state index in [0.717, 1.165) is 6.42 Å². The molecule has 0 aromatic carbocycles. The maximum absolute atomic E-state index is 13.0. The van der Waals surface area contributed by atoms with E-state index in [1.165, 1.54) is 0 Å². The summed E-state index contributed by atoms with van der Waals surface area (Å²) in [4.78, 5) is 27.9. The van der Waals surface area contributed by atoms with Crippen LogP contribution in [-0.2, 0) is 41.8 Å². The number of hydrogen-bond acceptors (Lipinski definition) is 8. The van der Waals surface area contributed by atoms with Crippen LogP contribution in [-0.4, -0.2) is 62.5 Å². The molecule has 1 N–H and O–H groups in total. The summed E-state index contributed by atoms with van der Waals surface area (Å²) >= 11 is 0. The van der Waals surface area contributed by atoms with Gasteiger partial charge in [-0.2, -0.15) is 9.35 Å². The summed E-state index contributed by atoms with van der Waals surface area (Å²) < 4.78 is 33.2. The van der Waals surface area contributed by atoms with Gasteiger partial charge in [0.05, 0.1) is 15.3 Å². The van der Waals surface area contributed by atoms with Gasteiger partial charge in [-0.05, 0) is 25.7 Å². The Morgan fingerprint density at radius 1 is 1.33 bits per heavy atom. The number of rotatable bonds is 7. The van der Waals surface area contributed by atoms with Crippen LogP contribution in [0.3, 0.4) is 0 Å². The fraction of sp³-hybridized carbons (Fsp3) is 0.789. The van der Waals surface area contributed by atoms with Gasteiger partial charge in [-0.25, -0.2) is 4.21 Å². The topological polar surface area (TPSA) is 133 Å². The maximum Gasteiger partial charge on any atom is 0.279 e. The van der Waals surface area contributed by atoms with Gasteiger partial charge in [0.25, 0.3) is 11.8 Å². The first-order valence-electron chi connectivity index (χ1n) is 10.4. The number of nitrogens with zero attached hydrogens (tertiary/aromatic N) is 3. The second-order valence-electron chi connectivity index (χ2n) is 7.76. The largest absolute Gasteiger partial charge is 0.375 e. The van der Waals surface area contributed by atoms with Gasteiger partial charge in [0.2, 0.25) is 5.91 Å². The highest BCUT2D eigenvalue weighted by molar-refractivity contribution is 7.93. The lowest BCUT2D eigenvalue weighted by Crippen LogP contribution is -2.51. The summed E-state index contributed by atoms with van der Waals surface area (Å²) in [5.41, 5.74) is -0.394. The number of aryl methyl sites for hydroxylation is 1. The van der Waals surface area contributed by atoms with Crippen molar-refractivity contribution in [1.29, 1.82) is 0 Å². The molecule has 1 aromatic heterocycles. The molecular formula is C19H30N4O6S. The Morgan fingerprint density at radius 3 is 2.77 bits per heavy atom. The van der Waals surface area contributed by atoms with E-state index in [1.54, 1.807) is 0 Å². The summed E-state index contributed by atoms with van der Waals surface area (Å²) in [6, 6.07) is 0.0743. The molecule has 10 nitrogen and oxygen atoms in total. The van der Waals surface area contributed by atoms with E-state index in [-0.39, 0.29) is 25.2 Å². The standard InChI is InChI=1S/C19H30N4O6S/c1-3-15-21-18(29-22-15)13-27-12-17(25)23-30(26)9-6-19(7-10-30)11-14(5-8-28-19)20-16(24)4-2/h14H,3-13H2,1-2H3,(H,20,24). The van der Waals surface area contributed by atoms with Crippen LogP contribution in [0, 0.1) is 0 Å². The molecule has 0 radical (unpaired) electrons. The van der Waals surface area contributed by atoms with Crippen molar-refractivity contribution in [3.05, 3.63) is 11.7 Å². The Balaban J connectivity index is 1.49. The molecule has 30 heavy (non-hydrogen) atoms. The number of carbonyl (C=O) groups is 2. The van der Waals surface area contributed by atoms with Gasteiger partial charge in [-0.3, -0.25) is 9.59 Å². The lowest BCUT2D eigenvalue weighted by molar-refractivity contribution is -0.126. The van der Waals surface area contributed by atoms with Gasteiger partial charge in [-0.1, -0.05) is 19.0 Å². The van der Waals surface area contributed by atoms with Crippen LogP contribution in [0.25, 0.3) is 0 Å². The molecule has 3 rings (SSSR count). The molecule has 11 heteroatoms. The lowest BCUT2D eigenvalue weighted by Gasteiger charge is -2.44. The second kappa shape index (κ2) is 9.97. The zero-order valence-electron chi connectivity index (χ0n) is 17.6. The van der Waals surface area contributed by atoms with Gasteiger partial charge in [0, 0.05) is 37.0 Å². The van der Waals surface area contributed by atoms with E-state index in [0.29, 0.717) is 61.9 Å². The van der Waals surface area contributed by atoms with Crippen molar-refractivity contribution in [1.82, 2.24) is 15.5 Å². The van der Waals surface area contributed by atoms with Crippen molar-refractivity contribution in [2.45, 2.75) is 70.6 Å². The molecule has 2 aliphatic rings. The molecule has 2 saturated heterocycles. The van der Waals surface area contributed by atoms with Crippen molar-refractivity contribution in [2.75, 3.05) is 24.7 Å². The smallest absolute Gasteiger partial charge is 0.279 e. The number of nitrogens with one attached hydrogen (secondary N) is 1. The molecule has 2 fully saturated rings. The number of hydrogen-bond donors (Lipinski definition) is 1. The van der Waals surface area contributed by atoms with Crippen LogP contribution in [0.5, 0.6) is 0 Å². The van der Waals surface area contributed by atoms with Crippen molar-refractivity contribution < 1.29 is 27.8 Å². The Bertz CT molecular complexity index is 862. The highest BCUT2D eigenvalue weighted by atomic mass is 32.2. The van der Waals surface area contributed by atoms with Gasteiger partial charge in [-0.15, -0.1) is 0 Å². The molecule has 0 bridgehead atoms. The fourth-order valence-electron chi connectivity index (χ4n) is 3.77. The van der Waals surface area contributed by atoms with Crippen molar-refractivity contribution in [3.63, 3.8) is 0 Å². The minimum Gasteiger partial charge on any atom is -0.375 e. The molecule has 1 unspecified atom stereocenters. The first-order chi connectivity index (χ1) is 14.4. The second-order valence-corrected chi connectivity index (χ2v) is 10.3. The summed E-state index contributed by atoms with van der Waals surface area (Å²) in [6.07, 6.45) is 3.70. The third-order valence-electron chi connectivity index (χ3n) is 5.48. The van der Waals surface area contributed by atoms with Crippen LogP contribution in [0.4, 0.5) is 0 Å². The molecule has 0 aliphatic carbocycles. The van der Waals surface area contributed by atoms with Crippen LogP contribution in [0.2, 0.25) is 0 Å².